The third-order valence-electron chi connectivity index (χ3n) is 6.14. The lowest BCUT2D eigenvalue weighted by atomic mass is 9.85. The standard InChI is InChI=1S/C24H27ClN4O4/c1-33-21-9-5-3-7-18(21)27-22(30)14-20-23(31)28-17-6-2-4-8-19(17)29(20)24(32)26-16-12-10-15(25)11-13-16/h3,5,7,9-13,17,19-20H,2,4,6,8,14H2,1H3,(H,26,32)(H,27,30)(H,28,31)/t17-,19-,20-/m1/s1. The van der Waals surface area contributed by atoms with E-state index in [4.69, 9.17) is 16.3 Å². The van der Waals surface area contributed by atoms with Gasteiger partial charge in [0, 0.05) is 16.8 Å². The Labute approximate surface area is 197 Å². The van der Waals surface area contributed by atoms with Crippen molar-refractivity contribution >= 4 is 40.8 Å². The monoisotopic (exact) mass is 470 g/mol. The van der Waals surface area contributed by atoms with E-state index in [2.05, 4.69) is 16.0 Å². The van der Waals surface area contributed by atoms with Crippen LogP contribution in [0.15, 0.2) is 48.5 Å². The molecule has 0 bridgehead atoms. The van der Waals surface area contributed by atoms with E-state index in [-0.39, 0.29) is 30.3 Å². The maximum Gasteiger partial charge on any atom is 0.322 e. The van der Waals surface area contributed by atoms with Gasteiger partial charge in [-0.05, 0) is 49.2 Å². The smallest absolute Gasteiger partial charge is 0.322 e. The number of fused-ring (bicyclic) bond motifs is 1. The van der Waals surface area contributed by atoms with Crippen molar-refractivity contribution in [1.82, 2.24) is 10.2 Å². The Balaban J connectivity index is 1.55. The normalized spacial score (nSPS) is 22.1. The molecule has 2 aromatic rings. The van der Waals surface area contributed by atoms with Crippen LogP contribution < -0.4 is 20.7 Å². The van der Waals surface area contributed by atoms with Crippen LogP contribution >= 0.6 is 11.6 Å². The minimum absolute atomic E-state index is 0.115. The quantitative estimate of drug-likeness (QED) is 0.614. The average Bonchev–Trinajstić information content (AvgIpc) is 2.81. The van der Waals surface area contributed by atoms with Crippen molar-refractivity contribution in [3.63, 3.8) is 0 Å². The van der Waals surface area contributed by atoms with E-state index in [1.807, 2.05) is 0 Å². The van der Waals surface area contributed by atoms with Gasteiger partial charge in [0.1, 0.15) is 11.8 Å². The van der Waals surface area contributed by atoms with Crippen LogP contribution in [0, 0.1) is 0 Å². The van der Waals surface area contributed by atoms with Crippen LogP contribution in [-0.2, 0) is 9.59 Å². The van der Waals surface area contributed by atoms with Crippen LogP contribution in [0.4, 0.5) is 16.2 Å². The Hall–Kier alpha value is -3.26. The summed E-state index contributed by atoms with van der Waals surface area (Å²) in [4.78, 5) is 40.8. The lowest BCUT2D eigenvalue weighted by Crippen LogP contribution is -2.68. The van der Waals surface area contributed by atoms with Crippen LogP contribution in [0.5, 0.6) is 5.75 Å². The molecule has 2 aliphatic rings. The number of piperazine rings is 1. The first kappa shape index (κ1) is 22.9. The second-order valence-corrected chi connectivity index (χ2v) is 8.72. The SMILES string of the molecule is COc1ccccc1NC(=O)C[C@@H]1C(=O)N[C@@H]2CCCC[C@H]2N1C(=O)Nc1ccc(Cl)cc1. The van der Waals surface area contributed by atoms with Crippen molar-refractivity contribution in [3.05, 3.63) is 53.6 Å². The van der Waals surface area contributed by atoms with Crippen LogP contribution in [0.2, 0.25) is 5.02 Å². The number of rotatable bonds is 5. The number of urea groups is 1. The highest BCUT2D eigenvalue weighted by molar-refractivity contribution is 6.30. The molecule has 3 atom stereocenters. The number of nitrogens with zero attached hydrogens (tertiary/aromatic N) is 1. The van der Waals surface area contributed by atoms with E-state index < -0.39 is 12.1 Å². The van der Waals surface area contributed by atoms with Crippen LogP contribution in [-0.4, -0.2) is 48.0 Å². The van der Waals surface area contributed by atoms with E-state index in [9.17, 15) is 14.4 Å². The van der Waals surface area contributed by atoms with Gasteiger partial charge in [-0.2, -0.15) is 0 Å². The molecule has 2 fully saturated rings. The predicted molar refractivity (Wildman–Crippen MR) is 127 cm³/mol. The topological polar surface area (TPSA) is 99.8 Å². The largest absolute Gasteiger partial charge is 0.495 e. The molecule has 4 rings (SSSR count). The number of methoxy groups -OCH3 is 1. The van der Waals surface area contributed by atoms with Gasteiger partial charge in [-0.1, -0.05) is 36.6 Å². The minimum Gasteiger partial charge on any atom is -0.495 e. The second kappa shape index (κ2) is 10.1. The fourth-order valence-corrected chi connectivity index (χ4v) is 4.70. The Morgan fingerprint density at radius 2 is 1.82 bits per heavy atom. The highest BCUT2D eigenvalue weighted by Crippen LogP contribution is 2.31. The van der Waals surface area contributed by atoms with Crippen molar-refractivity contribution in [2.75, 3.05) is 17.7 Å². The summed E-state index contributed by atoms with van der Waals surface area (Å²) in [5.41, 5.74) is 1.08. The molecule has 8 nitrogen and oxygen atoms in total. The highest BCUT2D eigenvalue weighted by atomic mass is 35.5. The van der Waals surface area contributed by atoms with Crippen molar-refractivity contribution in [2.24, 2.45) is 0 Å². The number of hydrogen-bond acceptors (Lipinski definition) is 4. The van der Waals surface area contributed by atoms with Gasteiger partial charge >= 0.3 is 6.03 Å². The highest BCUT2D eigenvalue weighted by Gasteiger charge is 2.46. The van der Waals surface area contributed by atoms with Crippen molar-refractivity contribution in [2.45, 2.75) is 50.2 Å². The first-order valence-corrected chi connectivity index (χ1v) is 11.4. The molecular formula is C24H27ClN4O4. The van der Waals surface area contributed by atoms with Gasteiger partial charge in [-0.25, -0.2) is 4.79 Å². The van der Waals surface area contributed by atoms with Crippen LogP contribution in [0.3, 0.4) is 0 Å². The summed E-state index contributed by atoms with van der Waals surface area (Å²) in [5.74, 6) is -0.179. The fourth-order valence-electron chi connectivity index (χ4n) is 4.58. The lowest BCUT2D eigenvalue weighted by Gasteiger charge is -2.47. The molecule has 2 aromatic carbocycles. The van der Waals surface area contributed by atoms with Crippen LogP contribution in [0.1, 0.15) is 32.1 Å². The third kappa shape index (κ3) is 5.22. The molecule has 1 aliphatic heterocycles. The molecular weight excluding hydrogens is 444 g/mol. The molecule has 4 amide bonds. The lowest BCUT2D eigenvalue weighted by molar-refractivity contribution is -0.135. The molecule has 1 saturated carbocycles. The van der Waals surface area contributed by atoms with Gasteiger partial charge in [0.15, 0.2) is 0 Å². The zero-order chi connectivity index (χ0) is 23.4. The number of nitrogens with one attached hydrogen (secondary N) is 3. The summed E-state index contributed by atoms with van der Waals surface area (Å²) < 4.78 is 5.28. The number of hydrogen-bond donors (Lipinski definition) is 3. The molecule has 33 heavy (non-hydrogen) atoms. The zero-order valence-electron chi connectivity index (χ0n) is 18.3. The van der Waals surface area contributed by atoms with Crippen molar-refractivity contribution in [3.8, 4) is 5.75 Å². The maximum atomic E-state index is 13.4. The molecule has 1 aliphatic carbocycles. The van der Waals surface area contributed by atoms with E-state index in [0.29, 0.717) is 22.1 Å². The molecule has 0 unspecified atom stereocenters. The first-order valence-electron chi connectivity index (χ1n) is 11.0. The Kier molecular flexibility index (Phi) is 7.03. The number of benzene rings is 2. The molecule has 3 N–H and O–H groups in total. The number of carbonyl (C=O) groups excluding carboxylic acids is 3. The molecule has 0 spiro atoms. The van der Waals surface area contributed by atoms with Crippen molar-refractivity contribution in [1.29, 1.82) is 0 Å². The van der Waals surface area contributed by atoms with Gasteiger partial charge < -0.3 is 25.6 Å². The maximum absolute atomic E-state index is 13.4. The van der Waals surface area contributed by atoms with E-state index in [1.165, 1.54) is 7.11 Å². The van der Waals surface area contributed by atoms with Gasteiger partial charge in [0.2, 0.25) is 11.8 Å². The molecule has 0 radical (unpaired) electrons. The summed E-state index contributed by atoms with van der Waals surface area (Å²) in [6, 6.07) is 12.2. The van der Waals surface area contributed by atoms with Crippen LogP contribution in [0.25, 0.3) is 0 Å². The summed E-state index contributed by atoms with van der Waals surface area (Å²) in [5, 5.41) is 9.25. The Bertz CT molecular complexity index is 1030. The summed E-state index contributed by atoms with van der Waals surface area (Å²) in [6.45, 7) is 0. The van der Waals surface area contributed by atoms with Gasteiger partial charge in [-0.15, -0.1) is 0 Å². The van der Waals surface area contributed by atoms with E-state index in [1.54, 1.807) is 53.4 Å². The second-order valence-electron chi connectivity index (χ2n) is 8.28. The average molecular weight is 471 g/mol. The molecule has 0 aromatic heterocycles. The third-order valence-corrected chi connectivity index (χ3v) is 6.39. The Morgan fingerprint density at radius 3 is 2.58 bits per heavy atom. The van der Waals surface area contributed by atoms with E-state index >= 15 is 0 Å². The zero-order valence-corrected chi connectivity index (χ0v) is 19.1. The van der Waals surface area contributed by atoms with Gasteiger partial charge in [-0.3, -0.25) is 9.59 Å². The fraction of sp³-hybridized carbons (Fsp3) is 0.375. The van der Waals surface area contributed by atoms with Gasteiger partial charge in [0.05, 0.1) is 25.3 Å². The number of para-hydroxylation sites is 2. The number of ether oxygens (including phenoxy) is 1. The summed E-state index contributed by atoms with van der Waals surface area (Å²) in [7, 11) is 1.52. The molecule has 174 valence electrons. The summed E-state index contributed by atoms with van der Waals surface area (Å²) >= 11 is 5.95. The minimum atomic E-state index is -0.925. The molecule has 1 heterocycles. The summed E-state index contributed by atoms with van der Waals surface area (Å²) in [6.07, 6.45) is 3.36. The number of carbonyl (C=O) groups is 3. The van der Waals surface area contributed by atoms with Crippen molar-refractivity contribution < 1.29 is 19.1 Å². The van der Waals surface area contributed by atoms with Gasteiger partial charge in [0.25, 0.3) is 0 Å². The molecule has 9 heteroatoms. The predicted octanol–water partition coefficient (Wildman–Crippen LogP) is 4.02. The first-order chi connectivity index (χ1) is 16.0. The molecule has 1 saturated heterocycles. The number of halogens is 1. The number of amides is 4. The van der Waals surface area contributed by atoms with E-state index in [0.717, 1.165) is 25.7 Å². The number of anilines is 2. The Morgan fingerprint density at radius 1 is 1.09 bits per heavy atom.